The lowest BCUT2D eigenvalue weighted by Gasteiger charge is -2.45. The maximum absolute atomic E-state index is 3.64. The molecule has 1 aromatic rings. The molecule has 0 spiro atoms. The van der Waals surface area contributed by atoms with Gasteiger partial charge in [0, 0.05) is 25.7 Å². The van der Waals surface area contributed by atoms with Crippen LogP contribution in [0, 0.1) is 11.8 Å². The number of benzene rings is 1. The first-order valence-electron chi connectivity index (χ1n) is 6.81. The van der Waals surface area contributed by atoms with Gasteiger partial charge in [0.2, 0.25) is 0 Å². The number of piperidine rings is 2. The number of hydrogen-bond acceptors (Lipinski definition) is 2. The van der Waals surface area contributed by atoms with Crippen molar-refractivity contribution >= 4 is 0 Å². The number of hydrogen-bond donors (Lipinski definition) is 1. The summed E-state index contributed by atoms with van der Waals surface area (Å²) >= 11 is 0. The van der Waals surface area contributed by atoms with Crippen molar-refractivity contribution in [3.8, 4) is 0 Å². The van der Waals surface area contributed by atoms with Crippen molar-refractivity contribution in [1.29, 1.82) is 0 Å². The number of nitrogens with zero attached hydrogens (tertiary/aromatic N) is 1. The molecule has 3 rings (SSSR count). The normalized spacial score (nSPS) is 33.6. The van der Waals surface area contributed by atoms with Gasteiger partial charge in [-0.2, -0.15) is 0 Å². The summed E-state index contributed by atoms with van der Waals surface area (Å²) in [6, 6.07) is 11.6. The van der Waals surface area contributed by atoms with Crippen molar-refractivity contribution in [1.82, 2.24) is 10.2 Å². The van der Waals surface area contributed by atoms with Crippen LogP contribution < -0.4 is 5.32 Å². The van der Waals surface area contributed by atoms with E-state index >= 15 is 0 Å². The van der Waals surface area contributed by atoms with E-state index in [-0.39, 0.29) is 0 Å². The van der Waals surface area contributed by atoms with Crippen LogP contribution >= 0.6 is 0 Å². The Morgan fingerprint density at radius 1 is 1.24 bits per heavy atom. The van der Waals surface area contributed by atoms with Gasteiger partial charge in [-0.05, 0) is 37.3 Å². The van der Waals surface area contributed by atoms with Gasteiger partial charge < -0.3 is 5.32 Å². The molecule has 0 unspecified atom stereocenters. The first-order chi connectivity index (χ1) is 8.31. The van der Waals surface area contributed by atoms with Gasteiger partial charge in [0.1, 0.15) is 0 Å². The molecule has 17 heavy (non-hydrogen) atoms. The maximum Gasteiger partial charge on any atom is 0.0233 e. The Bertz CT molecular complexity index is 362. The zero-order valence-electron chi connectivity index (χ0n) is 10.6. The third kappa shape index (κ3) is 2.53. The zero-order chi connectivity index (χ0) is 11.7. The number of rotatable bonds is 2. The van der Waals surface area contributed by atoms with Gasteiger partial charge in [0.25, 0.3) is 0 Å². The summed E-state index contributed by atoms with van der Waals surface area (Å²) < 4.78 is 0. The lowest BCUT2D eigenvalue weighted by molar-refractivity contribution is 0.0681. The van der Waals surface area contributed by atoms with Crippen molar-refractivity contribution in [2.75, 3.05) is 19.6 Å². The molecule has 2 aliphatic heterocycles. The van der Waals surface area contributed by atoms with Crippen molar-refractivity contribution in [3.63, 3.8) is 0 Å². The summed E-state index contributed by atoms with van der Waals surface area (Å²) in [6.07, 6.45) is 1.43. The second-order valence-corrected chi connectivity index (χ2v) is 5.74. The topological polar surface area (TPSA) is 15.3 Å². The molecule has 2 heterocycles. The Hall–Kier alpha value is -0.860. The van der Waals surface area contributed by atoms with Gasteiger partial charge >= 0.3 is 0 Å². The molecule has 2 fully saturated rings. The van der Waals surface area contributed by atoms with Crippen molar-refractivity contribution in [2.24, 2.45) is 11.8 Å². The second kappa shape index (κ2) is 4.79. The molecule has 0 amide bonds. The molecule has 2 saturated heterocycles. The van der Waals surface area contributed by atoms with Crippen molar-refractivity contribution in [2.45, 2.75) is 25.9 Å². The van der Waals surface area contributed by atoms with E-state index in [0.717, 1.165) is 18.4 Å². The molecule has 2 nitrogen and oxygen atoms in total. The van der Waals surface area contributed by atoms with Crippen LogP contribution in [0.15, 0.2) is 30.3 Å². The van der Waals surface area contributed by atoms with Gasteiger partial charge in [0.05, 0.1) is 0 Å². The molecule has 0 saturated carbocycles. The van der Waals surface area contributed by atoms with E-state index in [1.54, 1.807) is 0 Å². The minimum absolute atomic E-state index is 0.699. The van der Waals surface area contributed by atoms with Crippen LogP contribution in [-0.2, 0) is 6.54 Å². The molecular formula is C15H22N2. The first-order valence-corrected chi connectivity index (χ1v) is 6.81. The molecule has 1 N–H and O–H groups in total. The Morgan fingerprint density at radius 2 is 2.06 bits per heavy atom. The summed E-state index contributed by atoms with van der Waals surface area (Å²) in [5.41, 5.74) is 1.45. The first kappa shape index (κ1) is 11.2. The molecule has 1 aromatic carbocycles. The second-order valence-electron chi connectivity index (χ2n) is 5.74. The highest BCUT2D eigenvalue weighted by Gasteiger charge is 2.34. The monoisotopic (exact) mass is 230 g/mol. The minimum atomic E-state index is 0.699. The molecule has 2 aliphatic rings. The van der Waals surface area contributed by atoms with Crippen LogP contribution in [0.5, 0.6) is 0 Å². The van der Waals surface area contributed by atoms with E-state index in [2.05, 4.69) is 47.5 Å². The van der Waals surface area contributed by atoms with Crippen LogP contribution in [0.2, 0.25) is 0 Å². The van der Waals surface area contributed by atoms with E-state index < -0.39 is 0 Å². The van der Waals surface area contributed by atoms with E-state index in [1.807, 2.05) is 0 Å². The van der Waals surface area contributed by atoms with Gasteiger partial charge in [-0.1, -0.05) is 30.3 Å². The highest BCUT2D eigenvalue weighted by atomic mass is 15.2. The standard InChI is InChI=1S/C15H22N2/c1-12-15-7-14(8-16-12)10-17(11-15)9-13-5-3-2-4-6-13/h2-6,12,14-16H,7-11H2,1H3/t12-,14+,15+/m1/s1. The fourth-order valence-electron chi connectivity index (χ4n) is 3.35. The third-order valence-electron chi connectivity index (χ3n) is 4.33. The average Bonchev–Trinajstić information content (AvgIpc) is 2.36. The Morgan fingerprint density at radius 3 is 2.88 bits per heavy atom. The van der Waals surface area contributed by atoms with Crippen molar-refractivity contribution < 1.29 is 0 Å². The predicted molar refractivity (Wildman–Crippen MR) is 70.8 cm³/mol. The minimum Gasteiger partial charge on any atom is -0.314 e. The van der Waals surface area contributed by atoms with E-state index in [0.29, 0.717) is 6.04 Å². The third-order valence-corrected chi connectivity index (χ3v) is 4.33. The summed E-state index contributed by atoms with van der Waals surface area (Å²) in [6.45, 7) is 7.21. The van der Waals surface area contributed by atoms with Gasteiger partial charge in [0.15, 0.2) is 0 Å². The molecule has 2 bridgehead atoms. The Balaban J connectivity index is 1.65. The summed E-state index contributed by atoms with van der Waals surface area (Å²) in [5, 5.41) is 3.64. The molecule has 3 atom stereocenters. The SMILES string of the molecule is C[C@H]1NC[C@@H]2C[C@H]1CN(Cc1ccccc1)C2. The smallest absolute Gasteiger partial charge is 0.0233 e. The number of nitrogens with one attached hydrogen (secondary N) is 1. The van der Waals surface area contributed by atoms with E-state index in [9.17, 15) is 0 Å². The fraction of sp³-hybridized carbons (Fsp3) is 0.600. The number of fused-ring (bicyclic) bond motifs is 2. The van der Waals surface area contributed by atoms with Crippen LogP contribution in [0.1, 0.15) is 18.9 Å². The summed E-state index contributed by atoms with van der Waals surface area (Å²) in [4.78, 5) is 2.64. The zero-order valence-corrected chi connectivity index (χ0v) is 10.6. The van der Waals surface area contributed by atoms with Crippen LogP contribution in [0.25, 0.3) is 0 Å². The fourth-order valence-corrected chi connectivity index (χ4v) is 3.35. The van der Waals surface area contributed by atoms with E-state index in [4.69, 9.17) is 0 Å². The van der Waals surface area contributed by atoms with Crippen molar-refractivity contribution in [3.05, 3.63) is 35.9 Å². The van der Waals surface area contributed by atoms with Gasteiger partial charge in [-0.15, -0.1) is 0 Å². The quantitative estimate of drug-likeness (QED) is 0.837. The lowest BCUT2D eigenvalue weighted by atomic mass is 9.81. The maximum atomic E-state index is 3.64. The molecule has 92 valence electrons. The molecule has 0 aromatic heterocycles. The largest absolute Gasteiger partial charge is 0.314 e. The van der Waals surface area contributed by atoms with Gasteiger partial charge in [-0.3, -0.25) is 4.90 Å². The van der Waals surface area contributed by atoms with Crippen LogP contribution in [0.3, 0.4) is 0 Å². The lowest BCUT2D eigenvalue weighted by Crippen LogP contribution is -2.54. The number of likely N-dealkylation sites (tertiary alicyclic amines) is 1. The molecule has 2 heteroatoms. The summed E-state index contributed by atoms with van der Waals surface area (Å²) in [5.74, 6) is 1.72. The van der Waals surface area contributed by atoms with Crippen LogP contribution in [-0.4, -0.2) is 30.6 Å². The van der Waals surface area contributed by atoms with Gasteiger partial charge in [-0.25, -0.2) is 0 Å². The van der Waals surface area contributed by atoms with Crippen LogP contribution in [0.4, 0.5) is 0 Å². The Kier molecular flexibility index (Phi) is 3.17. The summed E-state index contributed by atoms with van der Waals surface area (Å²) in [7, 11) is 0. The molecule has 0 aliphatic carbocycles. The highest BCUT2D eigenvalue weighted by Crippen LogP contribution is 2.28. The predicted octanol–water partition coefficient (Wildman–Crippen LogP) is 2.12. The Labute approximate surface area is 104 Å². The average molecular weight is 230 g/mol. The highest BCUT2D eigenvalue weighted by molar-refractivity contribution is 5.14. The molecule has 0 radical (unpaired) electrons. The van der Waals surface area contributed by atoms with E-state index in [1.165, 1.54) is 31.6 Å². The molecular weight excluding hydrogens is 208 g/mol.